The Balaban J connectivity index is 1.91. The monoisotopic (exact) mass is 311 g/mol. The maximum Gasteiger partial charge on any atom is 0.281 e. The third-order valence-electron chi connectivity index (χ3n) is 3.97. The van der Waals surface area contributed by atoms with Crippen molar-refractivity contribution in [2.45, 2.75) is 26.8 Å². The number of benzene rings is 1. The molecule has 2 aromatic heterocycles. The van der Waals surface area contributed by atoms with Crippen LogP contribution in [0.1, 0.15) is 18.2 Å². The summed E-state index contributed by atoms with van der Waals surface area (Å²) < 4.78 is 3.27. The van der Waals surface area contributed by atoms with E-state index in [2.05, 4.69) is 27.5 Å². The Bertz CT molecular complexity index is 879. The molecule has 0 aliphatic carbocycles. The number of aryl methyl sites for hydroxylation is 2. The first kappa shape index (κ1) is 15.3. The van der Waals surface area contributed by atoms with Gasteiger partial charge < -0.3 is 5.32 Å². The number of hydrogen-bond acceptors (Lipinski definition) is 4. The van der Waals surface area contributed by atoms with E-state index in [0.717, 1.165) is 18.7 Å². The van der Waals surface area contributed by atoms with Crippen molar-refractivity contribution in [1.29, 1.82) is 0 Å². The molecule has 0 aliphatic heterocycles. The lowest BCUT2D eigenvalue weighted by Crippen LogP contribution is -2.26. The van der Waals surface area contributed by atoms with E-state index in [1.165, 1.54) is 5.56 Å². The standard InChI is InChI=1S/C17H21N5O/c1-4-22-16(23)15-14(12(2)20-21(15)3)19-17(22)18-11-10-13-8-6-5-7-9-13/h5-9H,4,10-11H2,1-3H3,(H,18,19). The largest absolute Gasteiger partial charge is 0.355 e. The zero-order valence-electron chi connectivity index (χ0n) is 13.7. The average molecular weight is 311 g/mol. The molecule has 1 N–H and O–H groups in total. The quantitative estimate of drug-likeness (QED) is 0.784. The Morgan fingerprint density at radius 3 is 2.65 bits per heavy atom. The molecular weight excluding hydrogens is 290 g/mol. The lowest BCUT2D eigenvalue weighted by Gasteiger charge is -2.12. The van der Waals surface area contributed by atoms with Crippen LogP contribution in [0.4, 0.5) is 5.95 Å². The summed E-state index contributed by atoms with van der Waals surface area (Å²) in [7, 11) is 1.78. The van der Waals surface area contributed by atoms with Crippen molar-refractivity contribution in [2.24, 2.45) is 7.05 Å². The Morgan fingerprint density at radius 2 is 1.96 bits per heavy atom. The van der Waals surface area contributed by atoms with Crippen LogP contribution in [-0.4, -0.2) is 25.9 Å². The third kappa shape index (κ3) is 2.84. The van der Waals surface area contributed by atoms with E-state index in [0.29, 0.717) is 23.5 Å². The molecule has 6 nitrogen and oxygen atoms in total. The number of hydrogen-bond donors (Lipinski definition) is 1. The first-order chi connectivity index (χ1) is 11.1. The fourth-order valence-corrected chi connectivity index (χ4v) is 2.80. The van der Waals surface area contributed by atoms with Gasteiger partial charge in [0, 0.05) is 20.1 Å². The molecule has 0 saturated carbocycles. The minimum absolute atomic E-state index is 0.0530. The van der Waals surface area contributed by atoms with Gasteiger partial charge in [-0.15, -0.1) is 0 Å². The van der Waals surface area contributed by atoms with Crippen molar-refractivity contribution < 1.29 is 0 Å². The average Bonchev–Trinajstić information content (AvgIpc) is 2.83. The van der Waals surface area contributed by atoms with Crippen LogP contribution >= 0.6 is 0 Å². The smallest absolute Gasteiger partial charge is 0.281 e. The van der Waals surface area contributed by atoms with Crippen molar-refractivity contribution in [2.75, 3.05) is 11.9 Å². The number of fused-ring (bicyclic) bond motifs is 1. The Kier molecular flexibility index (Phi) is 4.14. The Labute approximate surface area is 134 Å². The van der Waals surface area contributed by atoms with Crippen LogP contribution in [0.15, 0.2) is 35.1 Å². The molecule has 0 atom stereocenters. The number of anilines is 1. The summed E-state index contributed by atoms with van der Waals surface area (Å²) in [6, 6.07) is 10.3. The van der Waals surface area contributed by atoms with E-state index in [1.807, 2.05) is 32.0 Å². The minimum atomic E-state index is -0.0530. The fraction of sp³-hybridized carbons (Fsp3) is 0.353. The maximum atomic E-state index is 12.7. The highest BCUT2D eigenvalue weighted by molar-refractivity contribution is 5.77. The molecule has 0 bridgehead atoms. The summed E-state index contributed by atoms with van der Waals surface area (Å²) in [5, 5.41) is 7.61. The highest BCUT2D eigenvalue weighted by Crippen LogP contribution is 2.14. The number of nitrogens with one attached hydrogen (secondary N) is 1. The second kappa shape index (κ2) is 6.24. The third-order valence-corrected chi connectivity index (χ3v) is 3.97. The predicted octanol–water partition coefficient (Wildman–Crippen LogP) is 2.11. The van der Waals surface area contributed by atoms with Gasteiger partial charge in [-0.1, -0.05) is 30.3 Å². The summed E-state index contributed by atoms with van der Waals surface area (Å²) in [6.07, 6.45) is 0.879. The zero-order valence-corrected chi connectivity index (χ0v) is 13.7. The highest BCUT2D eigenvalue weighted by Gasteiger charge is 2.15. The van der Waals surface area contributed by atoms with Gasteiger partial charge in [-0.2, -0.15) is 5.10 Å². The minimum Gasteiger partial charge on any atom is -0.355 e. The van der Waals surface area contributed by atoms with Crippen LogP contribution in [0.3, 0.4) is 0 Å². The first-order valence-corrected chi connectivity index (χ1v) is 7.83. The summed E-state index contributed by atoms with van der Waals surface area (Å²) >= 11 is 0. The van der Waals surface area contributed by atoms with Gasteiger partial charge in [0.25, 0.3) is 5.56 Å². The molecule has 6 heteroatoms. The summed E-state index contributed by atoms with van der Waals surface area (Å²) in [5.41, 5.74) is 3.20. The van der Waals surface area contributed by atoms with Crippen LogP contribution in [0.25, 0.3) is 11.0 Å². The molecule has 0 amide bonds. The van der Waals surface area contributed by atoms with E-state index in [1.54, 1.807) is 16.3 Å². The highest BCUT2D eigenvalue weighted by atomic mass is 16.1. The SMILES string of the molecule is CCn1c(NCCc2ccccc2)nc2c(C)nn(C)c2c1=O. The maximum absolute atomic E-state index is 12.7. The number of nitrogens with zero attached hydrogens (tertiary/aromatic N) is 4. The molecule has 3 aromatic rings. The fourth-order valence-electron chi connectivity index (χ4n) is 2.80. The molecule has 0 aliphatic rings. The van der Waals surface area contributed by atoms with Gasteiger partial charge in [-0.05, 0) is 25.8 Å². The molecule has 0 spiro atoms. The zero-order chi connectivity index (χ0) is 16.4. The molecule has 23 heavy (non-hydrogen) atoms. The van der Waals surface area contributed by atoms with Crippen molar-refractivity contribution in [1.82, 2.24) is 19.3 Å². The topological polar surface area (TPSA) is 64.7 Å². The molecular formula is C17H21N5O. The molecule has 2 heterocycles. The van der Waals surface area contributed by atoms with E-state index in [-0.39, 0.29) is 5.56 Å². The van der Waals surface area contributed by atoms with Crippen LogP contribution in [0.2, 0.25) is 0 Å². The molecule has 3 rings (SSSR count). The Morgan fingerprint density at radius 1 is 1.22 bits per heavy atom. The van der Waals surface area contributed by atoms with Gasteiger partial charge in [0.2, 0.25) is 5.95 Å². The van der Waals surface area contributed by atoms with Crippen LogP contribution < -0.4 is 10.9 Å². The normalized spacial score (nSPS) is 11.1. The van der Waals surface area contributed by atoms with Crippen molar-refractivity contribution in [3.8, 4) is 0 Å². The second-order valence-electron chi connectivity index (χ2n) is 5.55. The Hall–Kier alpha value is -2.63. The first-order valence-electron chi connectivity index (χ1n) is 7.83. The molecule has 1 aromatic carbocycles. The number of rotatable bonds is 5. The molecule has 0 unspecified atom stereocenters. The van der Waals surface area contributed by atoms with Crippen molar-refractivity contribution >= 4 is 17.0 Å². The van der Waals surface area contributed by atoms with E-state index >= 15 is 0 Å². The summed E-state index contributed by atoms with van der Waals surface area (Å²) in [5.74, 6) is 0.608. The summed E-state index contributed by atoms with van der Waals surface area (Å²) in [6.45, 7) is 5.11. The molecule has 0 fully saturated rings. The lowest BCUT2D eigenvalue weighted by atomic mass is 10.1. The van der Waals surface area contributed by atoms with E-state index in [9.17, 15) is 4.79 Å². The van der Waals surface area contributed by atoms with Gasteiger partial charge in [0.1, 0.15) is 5.52 Å². The van der Waals surface area contributed by atoms with Crippen molar-refractivity contribution in [3.63, 3.8) is 0 Å². The van der Waals surface area contributed by atoms with Gasteiger partial charge in [-0.3, -0.25) is 14.0 Å². The molecule has 120 valence electrons. The predicted molar refractivity (Wildman–Crippen MR) is 91.8 cm³/mol. The van der Waals surface area contributed by atoms with Gasteiger partial charge in [-0.25, -0.2) is 4.98 Å². The van der Waals surface area contributed by atoms with Crippen molar-refractivity contribution in [3.05, 3.63) is 51.9 Å². The molecule has 0 radical (unpaired) electrons. The van der Waals surface area contributed by atoms with Crippen LogP contribution in [0, 0.1) is 6.92 Å². The van der Waals surface area contributed by atoms with Gasteiger partial charge >= 0.3 is 0 Å². The summed E-state index contributed by atoms with van der Waals surface area (Å²) in [4.78, 5) is 17.3. The van der Waals surface area contributed by atoms with Gasteiger partial charge in [0.15, 0.2) is 5.52 Å². The molecule has 0 saturated heterocycles. The van der Waals surface area contributed by atoms with Crippen LogP contribution in [0.5, 0.6) is 0 Å². The van der Waals surface area contributed by atoms with E-state index in [4.69, 9.17) is 0 Å². The number of aromatic nitrogens is 4. The van der Waals surface area contributed by atoms with E-state index < -0.39 is 0 Å². The lowest BCUT2D eigenvalue weighted by molar-refractivity contribution is 0.708. The second-order valence-corrected chi connectivity index (χ2v) is 5.55. The van der Waals surface area contributed by atoms with Crippen LogP contribution in [-0.2, 0) is 20.0 Å². The van der Waals surface area contributed by atoms with Gasteiger partial charge in [0.05, 0.1) is 5.69 Å².